The molecule has 206 valence electrons. The second-order valence-electron chi connectivity index (χ2n) is 9.08. The number of carbonyl (C=O) groups is 1. The fraction of sp³-hybridized carbons (Fsp3) is 0.310. The summed E-state index contributed by atoms with van der Waals surface area (Å²) in [6, 6.07) is 21.2. The highest BCUT2D eigenvalue weighted by atomic mass is 32.2. The van der Waals surface area contributed by atoms with E-state index in [9.17, 15) is 13.2 Å². The van der Waals surface area contributed by atoms with Gasteiger partial charge in [-0.2, -0.15) is 4.31 Å². The third-order valence-corrected chi connectivity index (χ3v) is 9.51. The molecule has 0 atom stereocenters. The Balaban J connectivity index is 1.59. The molecule has 1 aromatic heterocycles. The molecule has 0 aliphatic carbocycles. The zero-order valence-electron chi connectivity index (χ0n) is 22.7. The largest absolute Gasteiger partial charge is 0.497 e. The number of anilines is 1. The van der Waals surface area contributed by atoms with E-state index in [1.807, 2.05) is 48.5 Å². The van der Waals surface area contributed by atoms with Crippen molar-refractivity contribution in [2.75, 3.05) is 45.2 Å². The Labute approximate surface area is 234 Å². The zero-order valence-corrected chi connectivity index (χ0v) is 24.3. The molecular formula is C29H34N4O4S2. The second-order valence-corrected chi connectivity index (χ2v) is 12.1. The summed E-state index contributed by atoms with van der Waals surface area (Å²) in [5.41, 5.74) is 2.09. The Morgan fingerprint density at radius 1 is 0.949 bits per heavy atom. The second kappa shape index (κ2) is 12.7. The van der Waals surface area contributed by atoms with Crippen LogP contribution < -0.4 is 9.64 Å². The smallest absolute Gasteiger partial charge is 0.260 e. The molecule has 4 rings (SSSR count). The minimum absolute atomic E-state index is 0.138. The summed E-state index contributed by atoms with van der Waals surface area (Å²) < 4.78 is 33.9. The van der Waals surface area contributed by atoms with E-state index < -0.39 is 10.0 Å². The Kier molecular flexibility index (Phi) is 9.34. The van der Waals surface area contributed by atoms with Gasteiger partial charge in [0.25, 0.3) is 5.91 Å². The fourth-order valence-corrected chi connectivity index (χ4v) is 6.41. The molecule has 0 saturated heterocycles. The standard InChI is InChI=1S/C29H34N4O4S2/c1-5-32(6-2)18-19-33(29-30-26-17-14-24(37-4)20-27(26)38-29)28(34)23-12-15-25(16-13-23)39(35,36)31(3)21-22-10-8-7-9-11-22/h7-17,20H,5-6,18-19,21H2,1-4H3. The number of hydrogen-bond acceptors (Lipinski definition) is 7. The van der Waals surface area contributed by atoms with Crippen LogP contribution in [-0.4, -0.2) is 68.9 Å². The molecule has 0 unspecified atom stereocenters. The van der Waals surface area contributed by atoms with Crippen molar-refractivity contribution < 1.29 is 17.9 Å². The maximum absolute atomic E-state index is 13.8. The van der Waals surface area contributed by atoms with Crippen molar-refractivity contribution in [3.8, 4) is 5.75 Å². The summed E-state index contributed by atoms with van der Waals surface area (Å²) in [7, 11) is -0.553. The van der Waals surface area contributed by atoms with E-state index in [0.29, 0.717) is 23.8 Å². The highest BCUT2D eigenvalue weighted by Gasteiger charge is 2.25. The fourth-order valence-electron chi connectivity index (χ4n) is 4.23. The van der Waals surface area contributed by atoms with Crippen molar-refractivity contribution in [1.82, 2.24) is 14.2 Å². The van der Waals surface area contributed by atoms with Crippen LogP contribution in [0.2, 0.25) is 0 Å². The van der Waals surface area contributed by atoms with Crippen LogP contribution in [0.5, 0.6) is 5.75 Å². The minimum Gasteiger partial charge on any atom is -0.497 e. The van der Waals surface area contributed by atoms with Gasteiger partial charge in [-0.25, -0.2) is 13.4 Å². The lowest BCUT2D eigenvalue weighted by Crippen LogP contribution is -2.38. The van der Waals surface area contributed by atoms with Crippen molar-refractivity contribution in [3.63, 3.8) is 0 Å². The maximum atomic E-state index is 13.8. The molecule has 0 fully saturated rings. The quantitative estimate of drug-likeness (QED) is 0.237. The number of carbonyl (C=O) groups excluding carboxylic acids is 1. The first-order chi connectivity index (χ1) is 18.8. The van der Waals surface area contributed by atoms with Crippen LogP contribution in [0.4, 0.5) is 5.13 Å². The summed E-state index contributed by atoms with van der Waals surface area (Å²) in [4.78, 5) is 22.6. The summed E-state index contributed by atoms with van der Waals surface area (Å²) in [6.07, 6.45) is 0. The van der Waals surface area contributed by atoms with Gasteiger partial charge in [0, 0.05) is 32.2 Å². The highest BCUT2D eigenvalue weighted by molar-refractivity contribution is 7.89. The lowest BCUT2D eigenvalue weighted by Gasteiger charge is -2.25. The lowest BCUT2D eigenvalue weighted by atomic mass is 10.2. The molecule has 8 nitrogen and oxygen atoms in total. The van der Waals surface area contributed by atoms with Crippen LogP contribution >= 0.6 is 11.3 Å². The Hall–Kier alpha value is -3.31. The average molecular weight is 567 g/mol. The third-order valence-electron chi connectivity index (χ3n) is 6.65. The molecule has 4 aromatic rings. The summed E-state index contributed by atoms with van der Waals surface area (Å²) in [6.45, 7) is 7.33. The minimum atomic E-state index is -3.72. The van der Waals surface area contributed by atoms with Crippen LogP contribution in [0.1, 0.15) is 29.8 Å². The third kappa shape index (κ3) is 6.65. The summed E-state index contributed by atoms with van der Waals surface area (Å²) >= 11 is 1.43. The van der Waals surface area contributed by atoms with E-state index in [1.54, 1.807) is 31.2 Å². The van der Waals surface area contributed by atoms with Crippen LogP contribution in [0.25, 0.3) is 10.2 Å². The molecule has 0 bridgehead atoms. The van der Waals surface area contributed by atoms with E-state index in [1.165, 1.54) is 27.8 Å². The number of benzene rings is 3. The Bertz CT molecular complexity index is 1500. The number of aromatic nitrogens is 1. The molecule has 0 spiro atoms. The Morgan fingerprint density at radius 2 is 1.64 bits per heavy atom. The van der Waals surface area contributed by atoms with Gasteiger partial charge < -0.3 is 9.64 Å². The molecular weight excluding hydrogens is 532 g/mol. The van der Waals surface area contributed by atoms with E-state index in [2.05, 4.69) is 18.7 Å². The van der Waals surface area contributed by atoms with Gasteiger partial charge in [-0.3, -0.25) is 9.69 Å². The number of amides is 1. The normalized spacial score (nSPS) is 11.8. The van der Waals surface area contributed by atoms with E-state index in [0.717, 1.165) is 34.6 Å². The monoisotopic (exact) mass is 566 g/mol. The molecule has 0 N–H and O–H groups in total. The number of sulfonamides is 1. The molecule has 39 heavy (non-hydrogen) atoms. The van der Waals surface area contributed by atoms with Gasteiger partial charge in [0.2, 0.25) is 10.0 Å². The summed E-state index contributed by atoms with van der Waals surface area (Å²) in [5, 5.41) is 0.592. The molecule has 0 radical (unpaired) electrons. The summed E-state index contributed by atoms with van der Waals surface area (Å²) in [5.74, 6) is 0.502. The average Bonchev–Trinajstić information content (AvgIpc) is 3.38. The predicted octanol–water partition coefficient (Wildman–Crippen LogP) is 5.11. The molecule has 1 heterocycles. The number of methoxy groups -OCH3 is 1. The molecule has 0 aliphatic rings. The molecule has 1 amide bonds. The predicted molar refractivity (Wildman–Crippen MR) is 157 cm³/mol. The molecule has 0 saturated carbocycles. The first-order valence-electron chi connectivity index (χ1n) is 12.9. The van der Waals surface area contributed by atoms with Gasteiger partial charge in [-0.1, -0.05) is 55.5 Å². The van der Waals surface area contributed by atoms with Crippen molar-refractivity contribution >= 4 is 42.6 Å². The van der Waals surface area contributed by atoms with Gasteiger partial charge in [-0.05, 0) is 61.1 Å². The van der Waals surface area contributed by atoms with Crippen LogP contribution in [-0.2, 0) is 16.6 Å². The van der Waals surface area contributed by atoms with Crippen molar-refractivity contribution in [1.29, 1.82) is 0 Å². The number of nitrogens with zero attached hydrogens (tertiary/aromatic N) is 4. The number of thiazole rings is 1. The van der Waals surface area contributed by atoms with Crippen LogP contribution in [0, 0.1) is 0 Å². The first kappa shape index (κ1) is 28.7. The number of hydrogen-bond donors (Lipinski definition) is 0. The highest BCUT2D eigenvalue weighted by Crippen LogP contribution is 2.32. The topological polar surface area (TPSA) is 83.1 Å². The number of rotatable bonds is 12. The van der Waals surface area contributed by atoms with Gasteiger partial charge >= 0.3 is 0 Å². The maximum Gasteiger partial charge on any atom is 0.260 e. The SMILES string of the molecule is CCN(CC)CCN(C(=O)c1ccc(S(=O)(=O)N(C)Cc2ccccc2)cc1)c1nc2ccc(OC)cc2s1. The van der Waals surface area contributed by atoms with Gasteiger partial charge in [0.1, 0.15) is 5.75 Å². The van der Waals surface area contributed by atoms with Crippen molar-refractivity contribution in [3.05, 3.63) is 83.9 Å². The van der Waals surface area contributed by atoms with Crippen LogP contribution in [0.15, 0.2) is 77.7 Å². The van der Waals surface area contributed by atoms with Crippen LogP contribution in [0.3, 0.4) is 0 Å². The van der Waals surface area contributed by atoms with E-state index in [4.69, 9.17) is 9.72 Å². The van der Waals surface area contributed by atoms with E-state index in [-0.39, 0.29) is 17.3 Å². The first-order valence-corrected chi connectivity index (χ1v) is 15.1. The number of likely N-dealkylation sites (N-methyl/N-ethyl adjacent to an activating group) is 1. The number of fused-ring (bicyclic) bond motifs is 1. The molecule has 10 heteroatoms. The zero-order chi connectivity index (χ0) is 28.0. The van der Waals surface area contributed by atoms with Crippen molar-refractivity contribution in [2.45, 2.75) is 25.3 Å². The van der Waals surface area contributed by atoms with Gasteiger partial charge in [0.05, 0.1) is 22.2 Å². The number of ether oxygens (including phenoxy) is 1. The van der Waals surface area contributed by atoms with Crippen molar-refractivity contribution in [2.24, 2.45) is 0 Å². The Morgan fingerprint density at radius 3 is 2.28 bits per heavy atom. The lowest BCUT2D eigenvalue weighted by molar-refractivity contribution is 0.0983. The molecule has 0 aliphatic heterocycles. The van der Waals surface area contributed by atoms with E-state index >= 15 is 0 Å². The molecule has 3 aromatic carbocycles. The van der Waals surface area contributed by atoms with Gasteiger partial charge in [-0.15, -0.1) is 0 Å². The van der Waals surface area contributed by atoms with Gasteiger partial charge in [0.15, 0.2) is 5.13 Å².